The van der Waals surface area contributed by atoms with Crippen LogP contribution in [-0.2, 0) is 0 Å². The Morgan fingerprint density at radius 1 is 1.17 bits per heavy atom. The standard InChI is InChI=1S/C20H24FN7O2/c1-19(2)10-15(18(21)20(3,4)27-19)30-16-6-5-13(25-26-16)17-14(29)9-12(11-22-17)28-23-7-8-24-28/h5-9,11,15,18,27,29H,10H2,1-4H3/t15-,18-/m0/s1. The highest BCUT2D eigenvalue weighted by Gasteiger charge is 2.47. The van der Waals surface area contributed by atoms with E-state index in [9.17, 15) is 9.50 Å². The van der Waals surface area contributed by atoms with E-state index in [-0.39, 0.29) is 22.9 Å². The number of halogens is 1. The van der Waals surface area contributed by atoms with Crippen LogP contribution in [0.3, 0.4) is 0 Å². The molecule has 0 unspecified atom stereocenters. The summed E-state index contributed by atoms with van der Waals surface area (Å²) in [5, 5.41) is 29.8. The SMILES string of the molecule is CC1(C)C[C@H](Oc2ccc(-c3ncc(-n4nccn4)cc3O)nn2)[C@H](F)C(C)(C)N1. The van der Waals surface area contributed by atoms with Crippen molar-refractivity contribution in [3.63, 3.8) is 0 Å². The molecule has 3 aromatic heterocycles. The molecule has 10 heteroatoms. The van der Waals surface area contributed by atoms with Gasteiger partial charge in [0.2, 0.25) is 5.88 Å². The second-order valence-electron chi connectivity index (χ2n) is 8.63. The molecule has 1 saturated heterocycles. The van der Waals surface area contributed by atoms with Gasteiger partial charge in [-0.1, -0.05) is 0 Å². The smallest absolute Gasteiger partial charge is 0.233 e. The molecule has 0 aliphatic carbocycles. The van der Waals surface area contributed by atoms with E-state index in [1.165, 1.54) is 29.5 Å². The fourth-order valence-corrected chi connectivity index (χ4v) is 3.93. The minimum atomic E-state index is -1.21. The van der Waals surface area contributed by atoms with Crippen LogP contribution in [0.25, 0.3) is 17.1 Å². The van der Waals surface area contributed by atoms with Gasteiger partial charge in [0, 0.05) is 29.6 Å². The van der Waals surface area contributed by atoms with Crippen LogP contribution >= 0.6 is 0 Å². The third-order valence-electron chi connectivity index (χ3n) is 5.05. The summed E-state index contributed by atoms with van der Waals surface area (Å²) in [5.74, 6) is 0.134. The van der Waals surface area contributed by atoms with Crippen molar-refractivity contribution in [2.24, 2.45) is 0 Å². The zero-order chi connectivity index (χ0) is 21.5. The maximum absolute atomic E-state index is 14.9. The molecule has 2 N–H and O–H groups in total. The molecule has 1 aliphatic rings. The van der Waals surface area contributed by atoms with E-state index in [1.54, 1.807) is 12.1 Å². The first-order valence-corrected chi connectivity index (χ1v) is 9.64. The lowest BCUT2D eigenvalue weighted by atomic mass is 9.79. The van der Waals surface area contributed by atoms with Crippen LogP contribution in [0.5, 0.6) is 11.6 Å². The summed E-state index contributed by atoms with van der Waals surface area (Å²) in [6.07, 6.45) is 3.22. The van der Waals surface area contributed by atoms with Crippen LogP contribution in [0.4, 0.5) is 4.39 Å². The van der Waals surface area contributed by atoms with Crippen LogP contribution in [0.15, 0.2) is 36.8 Å². The van der Waals surface area contributed by atoms with Gasteiger partial charge in [0.25, 0.3) is 0 Å². The lowest BCUT2D eigenvalue weighted by Gasteiger charge is -2.48. The molecule has 9 nitrogen and oxygen atoms in total. The molecular weight excluding hydrogens is 389 g/mol. The summed E-state index contributed by atoms with van der Waals surface area (Å²) in [5.41, 5.74) is 0.144. The van der Waals surface area contributed by atoms with Gasteiger partial charge in [0.1, 0.15) is 28.9 Å². The van der Waals surface area contributed by atoms with Gasteiger partial charge in [-0.3, -0.25) is 0 Å². The monoisotopic (exact) mass is 413 g/mol. The van der Waals surface area contributed by atoms with E-state index in [2.05, 4.69) is 30.7 Å². The lowest BCUT2D eigenvalue weighted by molar-refractivity contribution is -0.0281. The fourth-order valence-electron chi connectivity index (χ4n) is 3.93. The van der Waals surface area contributed by atoms with Gasteiger partial charge in [0.15, 0.2) is 6.17 Å². The molecule has 4 heterocycles. The molecular formula is C20H24FN7O2. The van der Waals surface area contributed by atoms with Gasteiger partial charge in [-0.2, -0.15) is 10.2 Å². The molecule has 0 spiro atoms. The van der Waals surface area contributed by atoms with E-state index in [0.29, 0.717) is 17.8 Å². The number of ether oxygens (including phenoxy) is 1. The second-order valence-corrected chi connectivity index (χ2v) is 8.63. The third-order valence-corrected chi connectivity index (χ3v) is 5.05. The third kappa shape index (κ3) is 3.95. The Morgan fingerprint density at radius 2 is 1.90 bits per heavy atom. The largest absolute Gasteiger partial charge is 0.506 e. The number of rotatable bonds is 4. The Balaban J connectivity index is 1.52. The number of nitrogens with one attached hydrogen (secondary N) is 1. The normalized spacial score (nSPS) is 22.6. The Morgan fingerprint density at radius 3 is 2.53 bits per heavy atom. The van der Waals surface area contributed by atoms with Gasteiger partial charge in [-0.25, -0.2) is 9.37 Å². The maximum atomic E-state index is 14.9. The van der Waals surface area contributed by atoms with Gasteiger partial charge >= 0.3 is 0 Å². The molecule has 0 bridgehead atoms. The summed E-state index contributed by atoms with van der Waals surface area (Å²) >= 11 is 0. The molecule has 0 radical (unpaired) electrons. The van der Waals surface area contributed by atoms with E-state index < -0.39 is 17.8 Å². The maximum Gasteiger partial charge on any atom is 0.233 e. The summed E-state index contributed by atoms with van der Waals surface area (Å²) in [4.78, 5) is 5.58. The number of pyridine rings is 1. The highest BCUT2D eigenvalue weighted by Crippen LogP contribution is 2.33. The topological polar surface area (TPSA) is 111 Å². The highest BCUT2D eigenvalue weighted by atomic mass is 19.1. The number of hydrogen-bond donors (Lipinski definition) is 2. The van der Waals surface area contributed by atoms with Crippen molar-refractivity contribution in [3.05, 3.63) is 36.8 Å². The van der Waals surface area contributed by atoms with Gasteiger partial charge in [-0.15, -0.1) is 15.0 Å². The van der Waals surface area contributed by atoms with Crippen molar-refractivity contribution in [3.8, 4) is 28.7 Å². The zero-order valence-electron chi connectivity index (χ0n) is 17.2. The van der Waals surface area contributed by atoms with Crippen LogP contribution in [0.2, 0.25) is 0 Å². The minimum absolute atomic E-state index is 0.0848. The van der Waals surface area contributed by atoms with Gasteiger partial charge in [-0.05, 0) is 33.8 Å². The molecule has 1 fully saturated rings. The van der Waals surface area contributed by atoms with Crippen LogP contribution in [-0.4, -0.2) is 58.6 Å². The van der Waals surface area contributed by atoms with E-state index in [0.717, 1.165) is 0 Å². The molecule has 1 aliphatic heterocycles. The summed E-state index contributed by atoms with van der Waals surface area (Å²) in [6, 6.07) is 4.71. The van der Waals surface area contributed by atoms with Crippen molar-refractivity contribution in [1.29, 1.82) is 0 Å². The molecule has 0 aromatic carbocycles. The lowest BCUT2D eigenvalue weighted by Crippen LogP contribution is -2.66. The number of hydrogen-bond acceptors (Lipinski definition) is 8. The second kappa shape index (κ2) is 7.28. The van der Waals surface area contributed by atoms with Crippen LogP contribution in [0.1, 0.15) is 34.1 Å². The summed E-state index contributed by atoms with van der Waals surface area (Å²) in [7, 11) is 0. The van der Waals surface area contributed by atoms with Crippen LogP contribution < -0.4 is 10.1 Å². The predicted molar refractivity (Wildman–Crippen MR) is 107 cm³/mol. The number of aromatic nitrogens is 6. The highest BCUT2D eigenvalue weighted by molar-refractivity contribution is 5.63. The van der Waals surface area contributed by atoms with Crippen molar-refractivity contribution in [2.45, 2.75) is 57.5 Å². The van der Waals surface area contributed by atoms with Gasteiger partial charge < -0.3 is 15.2 Å². The molecule has 30 heavy (non-hydrogen) atoms. The van der Waals surface area contributed by atoms with Crippen LogP contribution in [0, 0.1) is 0 Å². The molecule has 158 valence electrons. The Bertz CT molecular complexity index is 1020. The van der Waals surface area contributed by atoms with Crippen molar-refractivity contribution in [1.82, 2.24) is 35.5 Å². The Kier molecular flexibility index (Phi) is 4.89. The summed E-state index contributed by atoms with van der Waals surface area (Å²) in [6.45, 7) is 7.67. The predicted octanol–water partition coefficient (Wildman–Crippen LogP) is 2.46. The molecule has 0 amide bonds. The average Bonchev–Trinajstić information content (AvgIpc) is 3.20. The number of aromatic hydroxyl groups is 1. The number of alkyl halides is 1. The molecule has 3 aromatic rings. The average molecular weight is 413 g/mol. The first-order chi connectivity index (χ1) is 14.1. The number of piperidine rings is 1. The quantitative estimate of drug-likeness (QED) is 0.671. The fraction of sp³-hybridized carbons (Fsp3) is 0.450. The first kappa shape index (κ1) is 20.1. The van der Waals surface area contributed by atoms with Crippen molar-refractivity contribution >= 4 is 0 Å². The van der Waals surface area contributed by atoms with Gasteiger partial charge in [0.05, 0.1) is 18.6 Å². The minimum Gasteiger partial charge on any atom is -0.506 e. The molecule has 4 rings (SSSR count). The summed E-state index contributed by atoms with van der Waals surface area (Å²) < 4.78 is 20.8. The Hall–Kier alpha value is -3.14. The molecule has 0 saturated carbocycles. The zero-order valence-corrected chi connectivity index (χ0v) is 17.2. The Labute approximate surface area is 173 Å². The van der Waals surface area contributed by atoms with E-state index in [1.807, 2.05) is 27.7 Å². The van der Waals surface area contributed by atoms with Crippen molar-refractivity contribution in [2.75, 3.05) is 0 Å². The number of nitrogens with zero attached hydrogens (tertiary/aromatic N) is 6. The molecule has 2 atom stereocenters. The van der Waals surface area contributed by atoms with Crippen molar-refractivity contribution < 1.29 is 14.2 Å². The van der Waals surface area contributed by atoms with E-state index >= 15 is 0 Å². The first-order valence-electron chi connectivity index (χ1n) is 9.64. The van der Waals surface area contributed by atoms with E-state index in [4.69, 9.17) is 4.74 Å².